The maximum Gasteiger partial charge on any atom is 0.232 e. The number of carbonyl (C=O) groups is 1. The first-order valence-corrected chi connectivity index (χ1v) is 11.4. The van der Waals surface area contributed by atoms with Gasteiger partial charge in [-0.2, -0.15) is 0 Å². The van der Waals surface area contributed by atoms with Gasteiger partial charge in [-0.3, -0.25) is 9.10 Å². The summed E-state index contributed by atoms with van der Waals surface area (Å²) in [6.45, 7) is 2.46. The molecule has 0 spiro atoms. The van der Waals surface area contributed by atoms with Crippen LogP contribution in [-0.4, -0.2) is 56.4 Å². The van der Waals surface area contributed by atoms with E-state index in [1.54, 1.807) is 30.7 Å². The molecule has 0 aliphatic carbocycles. The second-order valence-corrected chi connectivity index (χ2v) is 8.68. The average Bonchev–Trinajstić information content (AvgIpc) is 3.21. The van der Waals surface area contributed by atoms with E-state index >= 15 is 0 Å². The molecule has 0 saturated heterocycles. The molecule has 29 heavy (non-hydrogen) atoms. The fourth-order valence-corrected chi connectivity index (χ4v) is 4.01. The number of nitrogens with zero attached hydrogens (tertiary/aromatic N) is 3. The molecule has 0 radical (unpaired) electrons. The van der Waals surface area contributed by atoms with Crippen LogP contribution in [0.5, 0.6) is 11.5 Å². The smallest absolute Gasteiger partial charge is 0.232 e. The Morgan fingerprint density at radius 3 is 2.76 bits per heavy atom. The summed E-state index contributed by atoms with van der Waals surface area (Å²) in [5.74, 6) is 1.04. The van der Waals surface area contributed by atoms with Crippen LogP contribution in [0.25, 0.3) is 0 Å². The number of nitrogens with one attached hydrogen (secondary N) is 1. The maximum atomic E-state index is 12.2. The zero-order valence-electron chi connectivity index (χ0n) is 16.4. The van der Waals surface area contributed by atoms with Gasteiger partial charge in [0.1, 0.15) is 13.2 Å². The van der Waals surface area contributed by atoms with E-state index in [4.69, 9.17) is 9.47 Å². The summed E-state index contributed by atoms with van der Waals surface area (Å²) < 4.78 is 38.7. The lowest BCUT2D eigenvalue weighted by Crippen LogP contribution is -2.32. The summed E-state index contributed by atoms with van der Waals surface area (Å²) in [6, 6.07) is 5.05. The van der Waals surface area contributed by atoms with Gasteiger partial charge in [0.15, 0.2) is 11.5 Å². The second kappa shape index (κ2) is 9.64. The van der Waals surface area contributed by atoms with E-state index in [0.717, 1.165) is 19.2 Å². The highest BCUT2D eigenvalue weighted by atomic mass is 32.2. The Labute approximate surface area is 170 Å². The minimum absolute atomic E-state index is 0.0914. The topological polar surface area (TPSA) is 103 Å². The molecular formula is C19H26N4O5S. The number of aromatic nitrogens is 2. The number of sulfonamides is 1. The summed E-state index contributed by atoms with van der Waals surface area (Å²) in [7, 11) is -3.49. The number of ether oxygens (including phenoxy) is 2. The van der Waals surface area contributed by atoms with Crippen molar-refractivity contribution in [3.8, 4) is 11.5 Å². The van der Waals surface area contributed by atoms with Crippen LogP contribution in [0.3, 0.4) is 0 Å². The summed E-state index contributed by atoms with van der Waals surface area (Å²) in [4.78, 5) is 16.0. The molecule has 1 aliphatic rings. The summed E-state index contributed by atoms with van der Waals surface area (Å²) in [6.07, 6.45) is 7.94. The third-order valence-electron chi connectivity index (χ3n) is 4.45. The lowest BCUT2D eigenvalue weighted by molar-refractivity contribution is -0.121. The van der Waals surface area contributed by atoms with Crippen molar-refractivity contribution in [1.29, 1.82) is 0 Å². The van der Waals surface area contributed by atoms with E-state index in [1.165, 1.54) is 4.31 Å². The number of fused-ring (bicyclic) bond motifs is 1. The Balaban J connectivity index is 1.47. The fourth-order valence-electron chi connectivity index (χ4n) is 3.05. The Morgan fingerprint density at radius 2 is 2.03 bits per heavy atom. The van der Waals surface area contributed by atoms with Gasteiger partial charge < -0.3 is 19.4 Å². The molecule has 1 aliphatic heterocycles. The number of benzene rings is 1. The normalized spacial score (nSPS) is 13.1. The monoisotopic (exact) mass is 422 g/mol. The maximum absolute atomic E-state index is 12.2. The number of rotatable bonds is 10. The van der Waals surface area contributed by atoms with Gasteiger partial charge in [0.2, 0.25) is 15.9 Å². The lowest BCUT2D eigenvalue weighted by atomic mass is 10.2. The van der Waals surface area contributed by atoms with Crippen molar-refractivity contribution in [3.63, 3.8) is 0 Å². The predicted molar refractivity (Wildman–Crippen MR) is 109 cm³/mol. The number of hydrogen-bond acceptors (Lipinski definition) is 6. The van der Waals surface area contributed by atoms with E-state index < -0.39 is 10.0 Å². The second-order valence-electron chi connectivity index (χ2n) is 6.77. The van der Waals surface area contributed by atoms with Crippen molar-refractivity contribution in [2.75, 3.05) is 36.9 Å². The molecule has 0 fully saturated rings. The Kier molecular flexibility index (Phi) is 6.97. The lowest BCUT2D eigenvalue weighted by Gasteiger charge is -2.25. The van der Waals surface area contributed by atoms with E-state index in [0.29, 0.717) is 43.4 Å². The largest absolute Gasteiger partial charge is 0.486 e. The van der Waals surface area contributed by atoms with Crippen LogP contribution >= 0.6 is 0 Å². The molecule has 9 nitrogen and oxygen atoms in total. The molecule has 1 aromatic carbocycles. The molecule has 0 atom stereocenters. The zero-order chi connectivity index (χ0) is 20.7. The van der Waals surface area contributed by atoms with Crippen LogP contribution in [0.15, 0.2) is 36.9 Å². The molecule has 0 unspecified atom stereocenters. The third kappa shape index (κ3) is 6.11. The molecule has 2 aromatic rings. The van der Waals surface area contributed by atoms with Crippen LogP contribution in [-0.2, 0) is 21.4 Å². The first kappa shape index (κ1) is 21.0. The van der Waals surface area contributed by atoms with Gasteiger partial charge in [-0.1, -0.05) is 0 Å². The van der Waals surface area contributed by atoms with Gasteiger partial charge in [-0.05, 0) is 25.0 Å². The summed E-state index contributed by atoms with van der Waals surface area (Å²) >= 11 is 0. The minimum Gasteiger partial charge on any atom is -0.486 e. The Bertz CT molecular complexity index is 915. The fraction of sp³-hybridized carbons (Fsp3) is 0.474. The SMILES string of the molecule is CS(=O)(=O)N(CCCC(=O)NCCCn1ccnc1)c1ccc2c(c1)OCCO2. The van der Waals surface area contributed by atoms with E-state index in [1.807, 2.05) is 10.8 Å². The van der Waals surface area contributed by atoms with Crippen LogP contribution in [0.2, 0.25) is 0 Å². The molecule has 10 heteroatoms. The van der Waals surface area contributed by atoms with Gasteiger partial charge in [0.05, 0.1) is 18.3 Å². The highest BCUT2D eigenvalue weighted by Gasteiger charge is 2.20. The zero-order valence-corrected chi connectivity index (χ0v) is 17.2. The minimum atomic E-state index is -3.49. The summed E-state index contributed by atoms with van der Waals surface area (Å²) in [5.41, 5.74) is 0.498. The Morgan fingerprint density at radius 1 is 1.24 bits per heavy atom. The molecule has 3 rings (SSSR count). The van der Waals surface area contributed by atoms with Crippen molar-refractivity contribution in [2.45, 2.75) is 25.8 Å². The van der Waals surface area contributed by atoms with Crippen molar-refractivity contribution in [1.82, 2.24) is 14.9 Å². The van der Waals surface area contributed by atoms with Gasteiger partial charge in [-0.25, -0.2) is 13.4 Å². The molecule has 0 bridgehead atoms. The van der Waals surface area contributed by atoms with Crippen molar-refractivity contribution in [3.05, 3.63) is 36.9 Å². The predicted octanol–water partition coefficient (Wildman–Crippen LogP) is 1.41. The Hall–Kier alpha value is -2.75. The van der Waals surface area contributed by atoms with Crippen molar-refractivity contribution >= 4 is 21.6 Å². The first-order valence-electron chi connectivity index (χ1n) is 9.53. The van der Waals surface area contributed by atoms with E-state index in [9.17, 15) is 13.2 Å². The molecule has 2 heterocycles. The highest BCUT2D eigenvalue weighted by Crippen LogP contribution is 2.34. The van der Waals surface area contributed by atoms with Gasteiger partial charge in [0.25, 0.3) is 0 Å². The van der Waals surface area contributed by atoms with E-state index in [-0.39, 0.29) is 18.9 Å². The van der Waals surface area contributed by atoms with Gasteiger partial charge in [-0.15, -0.1) is 0 Å². The average molecular weight is 423 g/mol. The number of amides is 1. The number of anilines is 1. The molecule has 158 valence electrons. The van der Waals surface area contributed by atoms with Crippen LogP contribution in [0, 0.1) is 0 Å². The molecule has 0 saturated carbocycles. The van der Waals surface area contributed by atoms with Crippen molar-refractivity contribution in [2.24, 2.45) is 0 Å². The quantitative estimate of drug-likeness (QED) is 0.581. The molecular weight excluding hydrogens is 396 g/mol. The van der Waals surface area contributed by atoms with E-state index in [2.05, 4.69) is 10.3 Å². The highest BCUT2D eigenvalue weighted by molar-refractivity contribution is 7.92. The molecule has 1 aromatic heterocycles. The molecule has 1 amide bonds. The molecule has 1 N–H and O–H groups in total. The third-order valence-corrected chi connectivity index (χ3v) is 5.65. The number of carbonyl (C=O) groups excluding carboxylic acids is 1. The van der Waals surface area contributed by atoms with Crippen LogP contribution in [0.1, 0.15) is 19.3 Å². The first-order chi connectivity index (χ1) is 13.9. The van der Waals surface area contributed by atoms with Gasteiger partial charge in [0, 0.05) is 44.5 Å². The number of aryl methyl sites for hydroxylation is 1. The van der Waals surface area contributed by atoms with Crippen LogP contribution < -0.4 is 19.1 Å². The van der Waals surface area contributed by atoms with Crippen molar-refractivity contribution < 1.29 is 22.7 Å². The number of hydrogen-bond donors (Lipinski definition) is 1. The standard InChI is InChI=1S/C19H26N4O5S/c1-29(25,26)23(16-5-6-17-18(14-16)28-13-12-27-17)10-2-4-19(24)21-7-3-9-22-11-8-20-15-22/h5-6,8,11,14-15H,2-4,7,9-10,12-13H2,1H3,(H,21,24). The number of imidazole rings is 1. The van der Waals surface area contributed by atoms with Crippen LogP contribution in [0.4, 0.5) is 5.69 Å². The summed E-state index contributed by atoms with van der Waals surface area (Å²) in [5, 5.41) is 2.86. The van der Waals surface area contributed by atoms with Gasteiger partial charge >= 0.3 is 0 Å².